The summed E-state index contributed by atoms with van der Waals surface area (Å²) in [6, 6.07) is 4.11. The van der Waals surface area contributed by atoms with Crippen LogP contribution in [0.4, 0.5) is 0 Å². The Morgan fingerprint density at radius 3 is 2.59 bits per heavy atom. The SMILES string of the molecule is CNCCc1cc(Br)c(OCCCNC(=O)C2=NOC3(C2)CC(Br)=C(OC)C(Br)=CO3)c(Br)c1. The van der Waals surface area contributed by atoms with Crippen LogP contribution in [0.15, 0.2) is 47.2 Å². The van der Waals surface area contributed by atoms with E-state index in [4.69, 9.17) is 19.0 Å². The van der Waals surface area contributed by atoms with Crippen LogP contribution in [0.1, 0.15) is 24.8 Å². The molecule has 2 N–H and O–H groups in total. The molecule has 2 heterocycles. The van der Waals surface area contributed by atoms with Gasteiger partial charge in [-0.1, -0.05) is 21.1 Å². The highest BCUT2D eigenvalue weighted by Gasteiger charge is 2.45. The van der Waals surface area contributed by atoms with E-state index in [0.717, 1.165) is 32.1 Å². The fraction of sp³-hybridized carbons (Fsp3) is 0.455. The number of oxime groups is 1. The molecule has 0 bridgehead atoms. The average molecular weight is 731 g/mol. The summed E-state index contributed by atoms with van der Waals surface area (Å²) in [6.07, 6.45) is 3.59. The Labute approximate surface area is 232 Å². The molecule has 0 saturated carbocycles. The van der Waals surface area contributed by atoms with Crippen LogP contribution in [0.5, 0.6) is 5.75 Å². The van der Waals surface area contributed by atoms with E-state index in [2.05, 4.69) is 91.6 Å². The first kappa shape index (κ1) is 27.5. The molecule has 1 amide bonds. The van der Waals surface area contributed by atoms with E-state index < -0.39 is 5.79 Å². The van der Waals surface area contributed by atoms with Crippen LogP contribution in [0.2, 0.25) is 0 Å². The molecule has 1 atom stereocenters. The second kappa shape index (κ2) is 12.8. The quantitative estimate of drug-likeness (QED) is 0.321. The van der Waals surface area contributed by atoms with Gasteiger partial charge in [-0.25, -0.2) is 0 Å². The van der Waals surface area contributed by atoms with E-state index in [0.29, 0.717) is 36.2 Å². The lowest BCUT2D eigenvalue weighted by Gasteiger charge is -2.24. The van der Waals surface area contributed by atoms with Gasteiger partial charge in [0.2, 0.25) is 0 Å². The number of amides is 1. The normalized spacial score (nSPS) is 19.7. The van der Waals surface area contributed by atoms with Crippen LogP contribution < -0.4 is 15.4 Å². The second-order valence-corrected chi connectivity index (χ2v) is 11.1. The number of carbonyl (C=O) groups is 1. The standard InChI is InChI=1S/C22H25Br4N3O5/c1-27-6-4-13-8-14(23)20(15(24)9-13)32-7-3-5-28-21(30)18-11-22(34-29-18)10-16(25)19(31-2)17(26)12-33-22/h8-9,12,27H,3-7,10-11H2,1-2H3,(H,28,30). The molecule has 12 heteroatoms. The monoisotopic (exact) mass is 727 g/mol. The smallest absolute Gasteiger partial charge is 0.285 e. The van der Waals surface area contributed by atoms with E-state index in [1.165, 1.54) is 11.8 Å². The minimum Gasteiger partial charge on any atom is -0.495 e. The van der Waals surface area contributed by atoms with Crippen molar-refractivity contribution in [1.29, 1.82) is 0 Å². The number of hydrogen-bond donors (Lipinski definition) is 2. The molecule has 2 aliphatic heterocycles. The molecule has 2 aliphatic rings. The van der Waals surface area contributed by atoms with Crippen molar-refractivity contribution in [1.82, 2.24) is 10.6 Å². The van der Waals surface area contributed by atoms with Crippen molar-refractivity contribution in [2.24, 2.45) is 5.16 Å². The third-order valence-electron chi connectivity index (χ3n) is 5.07. The number of benzene rings is 1. The molecule has 0 fully saturated rings. The largest absolute Gasteiger partial charge is 0.495 e. The summed E-state index contributed by atoms with van der Waals surface area (Å²) in [5, 5.41) is 9.97. The topological polar surface area (TPSA) is 90.4 Å². The molecular formula is C22H25Br4N3O5. The Balaban J connectivity index is 1.45. The zero-order valence-corrected chi connectivity index (χ0v) is 25.0. The predicted octanol–water partition coefficient (Wildman–Crippen LogP) is 5.24. The van der Waals surface area contributed by atoms with E-state index in [-0.39, 0.29) is 18.0 Å². The second-order valence-electron chi connectivity index (χ2n) is 7.62. The van der Waals surface area contributed by atoms with Gasteiger partial charge in [-0.2, -0.15) is 0 Å². The van der Waals surface area contributed by atoms with Crippen molar-refractivity contribution in [3.8, 4) is 5.75 Å². The number of carbonyl (C=O) groups excluding carboxylic acids is 1. The van der Waals surface area contributed by atoms with Gasteiger partial charge in [-0.15, -0.1) is 0 Å². The van der Waals surface area contributed by atoms with E-state index in [1.54, 1.807) is 7.11 Å². The van der Waals surface area contributed by atoms with E-state index >= 15 is 0 Å². The van der Waals surface area contributed by atoms with E-state index in [1.807, 2.05) is 7.05 Å². The first-order valence-corrected chi connectivity index (χ1v) is 13.7. The maximum absolute atomic E-state index is 12.6. The summed E-state index contributed by atoms with van der Waals surface area (Å²) >= 11 is 14.0. The maximum Gasteiger partial charge on any atom is 0.285 e. The minimum absolute atomic E-state index is 0.206. The summed E-state index contributed by atoms with van der Waals surface area (Å²) in [7, 11) is 3.50. The predicted molar refractivity (Wildman–Crippen MR) is 144 cm³/mol. The molecule has 3 rings (SSSR count). The Kier molecular flexibility index (Phi) is 10.3. The molecule has 186 valence electrons. The van der Waals surface area contributed by atoms with Crippen molar-refractivity contribution in [2.45, 2.75) is 31.5 Å². The summed E-state index contributed by atoms with van der Waals surface area (Å²) in [5.74, 6) is -0.0413. The van der Waals surface area contributed by atoms with Gasteiger partial charge in [-0.05, 0) is 91.9 Å². The molecule has 1 aromatic carbocycles. The minimum atomic E-state index is -1.09. The van der Waals surface area contributed by atoms with Crippen molar-refractivity contribution in [3.63, 3.8) is 0 Å². The number of likely N-dealkylation sites (N-methyl/N-ethyl adjacent to an activating group) is 1. The molecular weight excluding hydrogens is 706 g/mol. The van der Waals surface area contributed by atoms with Crippen molar-refractivity contribution in [3.05, 3.63) is 47.6 Å². The first-order valence-electron chi connectivity index (χ1n) is 10.5. The van der Waals surface area contributed by atoms with Crippen LogP contribution in [-0.4, -0.2) is 51.3 Å². The van der Waals surface area contributed by atoms with Gasteiger partial charge in [0.25, 0.3) is 11.7 Å². The lowest BCUT2D eigenvalue weighted by atomic mass is 10.1. The van der Waals surface area contributed by atoms with Crippen LogP contribution >= 0.6 is 63.7 Å². The summed E-state index contributed by atoms with van der Waals surface area (Å²) in [6.45, 7) is 1.78. The first-order chi connectivity index (χ1) is 16.3. The number of nitrogens with one attached hydrogen (secondary N) is 2. The fourth-order valence-electron chi connectivity index (χ4n) is 3.36. The number of ether oxygens (including phenoxy) is 3. The van der Waals surface area contributed by atoms with Gasteiger partial charge in [0.15, 0.2) is 5.71 Å². The van der Waals surface area contributed by atoms with E-state index in [9.17, 15) is 4.79 Å². The zero-order valence-electron chi connectivity index (χ0n) is 18.7. The Bertz CT molecular complexity index is 991. The Morgan fingerprint density at radius 1 is 1.18 bits per heavy atom. The van der Waals surface area contributed by atoms with Gasteiger partial charge in [0, 0.05) is 11.0 Å². The van der Waals surface area contributed by atoms with Gasteiger partial charge in [0.05, 0.1) is 40.0 Å². The molecule has 8 nitrogen and oxygen atoms in total. The van der Waals surface area contributed by atoms with Gasteiger partial charge in [-0.3, -0.25) is 4.79 Å². The van der Waals surface area contributed by atoms with Gasteiger partial charge in [0.1, 0.15) is 17.8 Å². The molecule has 1 aromatic rings. The van der Waals surface area contributed by atoms with Crippen molar-refractivity contribution >= 4 is 75.3 Å². The van der Waals surface area contributed by atoms with Crippen LogP contribution in [0.25, 0.3) is 0 Å². The Hall–Kier alpha value is -1.08. The summed E-state index contributed by atoms with van der Waals surface area (Å²) < 4.78 is 20.2. The highest BCUT2D eigenvalue weighted by atomic mass is 79.9. The molecule has 1 unspecified atom stereocenters. The number of halogens is 4. The summed E-state index contributed by atoms with van der Waals surface area (Å²) in [5.41, 5.74) is 1.47. The van der Waals surface area contributed by atoms with Crippen LogP contribution in [-0.2, 0) is 25.5 Å². The highest BCUT2D eigenvalue weighted by molar-refractivity contribution is 9.12. The third kappa shape index (κ3) is 6.99. The number of allylic oxidation sites excluding steroid dienone is 1. The van der Waals surface area contributed by atoms with Crippen LogP contribution in [0.3, 0.4) is 0 Å². The van der Waals surface area contributed by atoms with Gasteiger partial charge < -0.3 is 29.7 Å². The number of rotatable bonds is 10. The Morgan fingerprint density at radius 2 is 1.91 bits per heavy atom. The lowest BCUT2D eigenvalue weighted by Crippen LogP contribution is -2.36. The maximum atomic E-state index is 12.6. The average Bonchev–Trinajstić information content (AvgIpc) is 3.17. The van der Waals surface area contributed by atoms with Gasteiger partial charge >= 0.3 is 0 Å². The molecule has 0 radical (unpaired) electrons. The number of methoxy groups -OCH3 is 1. The van der Waals surface area contributed by atoms with Crippen LogP contribution in [0, 0.1) is 0 Å². The summed E-state index contributed by atoms with van der Waals surface area (Å²) in [4.78, 5) is 18.1. The molecule has 0 saturated heterocycles. The fourth-order valence-corrected chi connectivity index (χ4v) is 6.43. The highest BCUT2D eigenvalue weighted by Crippen LogP contribution is 2.41. The molecule has 0 aromatic heterocycles. The molecule has 0 aliphatic carbocycles. The number of hydrogen-bond acceptors (Lipinski definition) is 7. The zero-order chi connectivity index (χ0) is 24.7. The third-order valence-corrected chi connectivity index (χ3v) is 7.43. The van der Waals surface area contributed by atoms with Crippen molar-refractivity contribution < 1.29 is 23.8 Å². The number of nitrogens with zero attached hydrogens (tertiary/aromatic N) is 1. The molecule has 1 spiro atoms. The molecule has 34 heavy (non-hydrogen) atoms. The lowest BCUT2D eigenvalue weighted by molar-refractivity contribution is -0.186. The van der Waals surface area contributed by atoms with Crippen molar-refractivity contribution in [2.75, 3.05) is 33.9 Å².